The van der Waals surface area contributed by atoms with Crippen LogP contribution >= 0.6 is 11.3 Å². The summed E-state index contributed by atoms with van der Waals surface area (Å²) >= 11 is 1.39. The quantitative estimate of drug-likeness (QED) is 0.138. The number of ether oxygens (including phenoxy) is 1. The monoisotopic (exact) mass is 633 g/mol. The van der Waals surface area contributed by atoms with Crippen LogP contribution in [-0.2, 0) is 35.1 Å². The molecule has 246 valence electrons. The molecule has 3 atom stereocenters. The number of unbranched alkanes of at least 4 members (excludes halogenated alkanes) is 11. The second-order valence-corrected chi connectivity index (χ2v) is 12.6. The van der Waals surface area contributed by atoms with E-state index in [2.05, 4.69) is 27.9 Å². The number of rotatable bonds is 21. The van der Waals surface area contributed by atoms with Crippen molar-refractivity contribution in [2.75, 3.05) is 19.7 Å². The van der Waals surface area contributed by atoms with E-state index in [0.29, 0.717) is 38.1 Å². The Balaban J connectivity index is 1.34. The van der Waals surface area contributed by atoms with Gasteiger partial charge in [0.15, 0.2) is 0 Å². The van der Waals surface area contributed by atoms with Gasteiger partial charge in [0.2, 0.25) is 23.6 Å². The third-order valence-electron chi connectivity index (χ3n) is 8.33. The summed E-state index contributed by atoms with van der Waals surface area (Å²) in [5.74, 6) is -1.93. The van der Waals surface area contributed by atoms with Crippen LogP contribution in [0.25, 0.3) is 0 Å². The van der Waals surface area contributed by atoms with Crippen LogP contribution in [0.3, 0.4) is 0 Å². The third kappa shape index (κ3) is 12.5. The Morgan fingerprint density at radius 2 is 1.68 bits per heavy atom. The molecule has 2 aliphatic heterocycles. The van der Waals surface area contributed by atoms with Gasteiger partial charge in [-0.15, -0.1) is 11.3 Å². The van der Waals surface area contributed by atoms with Gasteiger partial charge < -0.3 is 25.6 Å². The standard InChI is InChI=1S/C32H51N5O6S/c1-2-3-4-5-6-7-8-9-10-11-12-13-19-43-29(39)21-33-31(41)27-15-14-18-37(27)32(42)26(20-24-22-44-23-34-24)36-30(40)25-16-17-28(38)35-25/h22-23,25-27H,2-21H2,1H3,(H,33,41)(H,35,38)(H,36,40)/t25-,26-,27-/m0/s1. The smallest absolute Gasteiger partial charge is 0.325 e. The molecule has 12 heteroatoms. The number of carbonyl (C=O) groups excluding carboxylic acids is 5. The lowest BCUT2D eigenvalue weighted by molar-refractivity contribution is -0.145. The van der Waals surface area contributed by atoms with Crippen LogP contribution in [0, 0.1) is 0 Å². The molecule has 2 aliphatic rings. The Kier molecular flexibility index (Phi) is 16.2. The maximum atomic E-state index is 13.6. The fourth-order valence-electron chi connectivity index (χ4n) is 5.79. The molecule has 0 saturated carbocycles. The fraction of sp³-hybridized carbons (Fsp3) is 0.750. The van der Waals surface area contributed by atoms with Crippen molar-refractivity contribution < 1.29 is 28.7 Å². The minimum atomic E-state index is -0.934. The first-order valence-electron chi connectivity index (χ1n) is 16.6. The lowest BCUT2D eigenvalue weighted by Crippen LogP contribution is -2.56. The largest absolute Gasteiger partial charge is 0.464 e. The summed E-state index contributed by atoms with van der Waals surface area (Å²) in [6, 6.07) is -2.37. The number of aromatic nitrogens is 1. The number of hydrogen-bond acceptors (Lipinski definition) is 8. The van der Waals surface area contributed by atoms with Crippen LogP contribution in [0.2, 0.25) is 0 Å². The summed E-state index contributed by atoms with van der Waals surface area (Å²) in [4.78, 5) is 69.0. The molecule has 3 N–H and O–H groups in total. The van der Waals surface area contributed by atoms with Crippen LogP contribution in [0.5, 0.6) is 0 Å². The molecule has 0 aromatic carbocycles. The second kappa shape index (κ2) is 20.1. The minimum absolute atomic E-state index is 0.172. The van der Waals surface area contributed by atoms with Gasteiger partial charge in [-0.1, -0.05) is 77.6 Å². The Bertz CT molecular complexity index is 1050. The van der Waals surface area contributed by atoms with Gasteiger partial charge in [-0.2, -0.15) is 0 Å². The lowest BCUT2D eigenvalue weighted by Gasteiger charge is -2.29. The minimum Gasteiger partial charge on any atom is -0.464 e. The van der Waals surface area contributed by atoms with E-state index in [1.165, 1.54) is 74.0 Å². The van der Waals surface area contributed by atoms with Crippen molar-refractivity contribution in [3.8, 4) is 0 Å². The molecule has 11 nitrogen and oxygen atoms in total. The second-order valence-electron chi connectivity index (χ2n) is 11.9. The number of esters is 1. The van der Waals surface area contributed by atoms with E-state index in [0.717, 1.165) is 19.3 Å². The van der Waals surface area contributed by atoms with Crippen LogP contribution in [0.4, 0.5) is 0 Å². The van der Waals surface area contributed by atoms with Gasteiger partial charge in [-0.25, -0.2) is 4.98 Å². The van der Waals surface area contributed by atoms with Crippen LogP contribution < -0.4 is 16.0 Å². The molecule has 1 aromatic heterocycles. The topological polar surface area (TPSA) is 147 Å². The molecule has 0 spiro atoms. The molecule has 44 heavy (non-hydrogen) atoms. The molecule has 1 aromatic rings. The molecule has 3 rings (SSSR count). The predicted molar refractivity (Wildman–Crippen MR) is 169 cm³/mol. The highest BCUT2D eigenvalue weighted by atomic mass is 32.1. The van der Waals surface area contributed by atoms with Gasteiger partial charge in [-0.3, -0.25) is 24.0 Å². The summed E-state index contributed by atoms with van der Waals surface area (Å²) in [6.45, 7) is 2.68. The van der Waals surface area contributed by atoms with E-state index in [1.807, 2.05) is 0 Å². The van der Waals surface area contributed by atoms with Crippen molar-refractivity contribution in [3.63, 3.8) is 0 Å². The zero-order chi connectivity index (χ0) is 31.6. The molecule has 0 aliphatic carbocycles. The van der Waals surface area contributed by atoms with Crippen molar-refractivity contribution >= 4 is 40.9 Å². The van der Waals surface area contributed by atoms with E-state index in [9.17, 15) is 24.0 Å². The lowest BCUT2D eigenvalue weighted by atomic mass is 10.1. The third-order valence-corrected chi connectivity index (χ3v) is 8.96. The first-order chi connectivity index (χ1) is 21.4. The number of nitrogens with one attached hydrogen (secondary N) is 3. The Labute approximate surface area is 265 Å². The first kappa shape index (κ1) is 35.5. The van der Waals surface area contributed by atoms with Crippen molar-refractivity contribution in [1.29, 1.82) is 0 Å². The summed E-state index contributed by atoms with van der Waals surface area (Å²) < 4.78 is 5.30. The van der Waals surface area contributed by atoms with Gasteiger partial charge in [-0.05, 0) is 25.7 Å². The fourth-order valence-corrected chi connectivity index (χ4v) is 6.36. The number of likely N-dealkylation sites (tertiary alicyclic amines) is 1. The SMILES string of the molecule is CCCCCCCCCCCCCCOC(=O)CNC(=O)[C@@H]1CCCN1C(=O)[C@H](Cc1cscn1)NC(=O)[C@@H]1CCC(=O)N1. The number of hydrogen-bond donors (Lipinski definition) is 3. The highest BCUT2D eigenvalue weighted by Gasteiger charge is 2.39. The maximum Gasteiger partial charge on any atom is 0.325 e. The van der Waals surface area contributed by atoms with E-state index in [4.69, 9.17) is 4.74 Å². The zero-order valence-corrected chi connectivity index (χ0v) is 27.1. The Hall–Kier alpha value is -3.02. The molecule has 0 bridgehead atoms. The highest BCUT2D eigenvalue weighted by Crippen LogP contribution is 2.20. The van der Waals surface area contributed by atoms with Gasteiger partial charge in [0.1, 0.15) is 24.7 Å². The molecule has 0 radical (unpaired) electrons. The van der Waals surface area contributed by atoms with Crippen LogP contribution in [0.15, 0.2) is 10.9 Å². The summed E-state index contributed by atoms with van der Waals surface area (Å²) in [5.41, 5.74) is 2.30. The summed E-state index contributed by atoms with van der Waals surface area (Å²) in [7, 11) is 0. The van der Waals surface area contributed by atoms with Gasteiger partial charge in [0.05, 0.1) is 17.8 Å². The Morgan fingerprint density at radius 1 is 1.00 bits per heavy atom. The Morgan fingerprint density at radius 3 is 2.30 bits per heavy atom. The number of carbonyl (C=O) groups is 5. The average molecular weight is 634 g/mol. The molecule has 2 saturated heterocycles. The van der Waals surface area contributed by atoms with Crippen molar-refractivity contribution in [2.24, 2.45) is 0 Å². The molecule has 4 amide bonds. The molecular formula is C32H51N5O6S. The number of thiazole rings is 1. The summed E-state index contributed by atoms with van der Waals surface area (Å²) in [6.07, 6.45) is 16.6. The zero-order valence-electron chi connectivity index (χ0n) is 26.3. The molecule has 0 unspecified atom stereocenters. The van der Waals surface area contributed by atoms with E-state index < -0.39 is 35.9 Å². The van der Waals surface area contributed by atoms with Crippen LogP contribution in [0.1, 0.15) is 115 Å². The van der Waals surface area contributed by atoms with Gasteiger partial charge >= 0.3 is 5.97 Å². The van der Waals surface area contributed by atoms with Gasteiger partial charge in [0.25, 0.3) is 0 Å². The maximum absolute atomic E-state index is 13.6. The molecule has 2 fully saturated rings. The van der Waals surface area contributed by atoms with Crippen molar-refractivity contribution in [2.45, 2.75) is 134 Å². The average Bonchev–Trinajstić information content (AvgIpc) is 3.80. The highest BCUT2D eigenvalue weighted by molar-refractivity contribution is 7.07. The normalized spacial score (nSPS) is 18.6. The van der Waals surface area contributed by atoms with E-state index in [-0.39, 0.29) is 31.2 Å². The number of nitrogens with zero attached hydrogens (tertiary/aromatic N) is 2. The van der Waals surface area contributed by atoms with Crippen molar-refractivity contribution in [3.05, 3.63) is 16.6 Å². The molecule has 3 heterocycles. The van der Waals surface area contributed by atoms with E-state index in [1.54, 1.807) is 10.9 Å². The predicted octanol–water partition coefficient (Wildman–Crippen LogP) is 3.80. The first-order valence-corrected chi connectivity index (χ1v) is 17.5. The van der Waals surface area contributed by atoms with Crippen LogP contribution in [-0.4, -0.2) is 77.3 Å². The van der Waals surface area contributed by atoms with Crippen molar-refractivity contribution in [1.82, 2.24) is 25.8 Å². The summed E-state index contributed by atoms with van der Waals surface area (Å²) in [5, 5.41) is 9.83. The number of amides is 4. The van der Waals surface area contributed by atoms with Gasteiger partial charge in [0, 0.05) is 24.8 Å². The molecular weight excluding hydrogens is 582 g/mol. The van der Waals surface area contributed by atoms with E-state index >= 15 is 0 Å².